The van der Waals surface area contributed by atoms with Gasteiger partial charge < -0.3 is 10.3 Å². The molecule has 6 nitrogen and oxygen atoms in total. The number of thioether (sulfide) groups is 1. The summed E-state index contributed by atoms with van der Waals surface area (Å²) in [6.07, 6.45) is 1.65. The lowest BCUT2D eigenvalue weighted by atomic mass is 10.1. The molecule has 1 aromatic heterocycles. The zero-order valence-corrected chi connectivity index (χ0v) is 16.4. The summed E-state index contributed by atoms with van der Waals surface area (Å²) in [5.41, 5.74) is 7.16. The predicted octanol–water partition coefficient (Wildman–Crippen LogP) is 2.89. The molecule has 0 saturated heterocycles. The average Bonchev–Trinajstić information content (AvgIpc) is 2.99. The van der Waals surface area contributed by atoms with Crippen molar-refractivity contribution in [3.05, 3.63) is 41.2 Å². The van der Waals surface area contributed by atoms with Crippen LogP contribution in [0.3, 0.4) is 0 Å². The highest BCUT2D eigenvalue weighted by atomic mass is 32.2. The van der Waals surface area contributed by atoms with E-state index < -0.39 is 0 Å². The van der Waals surface area contributed by atoms with Crippen molar-refractivity contribution in [1.82, 2.24) is 14.8 Å². The number of rotatable bonds is 10. The van der Waals surface area contributed by atoms with E-state index in [4.69, 9.17) is 5.73 Å². The van der Waals surface area contributed by atoms with Gasteiger partial charge in [0, 0.05) is 24.9 Å². The fourth-order valence-corrected chi connectivity index (χ4v) is 3.40. The van der Waals surface area contributed by atoms with Crippen molar-refractivity contribution in [3.8, 4) is 0 Å². The van der Waals surface area contributed by atoms with Crippen LogP contribution in [0.15, 0.2) is 29.4 Å². The van der Waals surface area contributed by atoms with Crippen LogP contribution < -0.4 is 5.73 Å². The van der Waals surface area contributed by atoms with Gasteiger partial charge in [-0.15, -0.1) is 10.2 Å². The first-order valence-corrected chi connectivity index (χ1v) is 9.84. The van der Waals surface area contributed by atoms with Crippen LogP contribution in [0.25, 0.3) is 0 Å². The first kappa shape index (κ1) is 20.2. The molecule has 7 heteroatoms. The fraction of sp³-hybridized carbons (Fsp3) is 0.474. The Bertz CT molecular complexity index is 753. The van der Waals surface area contributed by atoms with Gasteiger partial charge in [-0.05, 0) is 17.9 Å². The summed E-state index contributed by atoms with van der Waals surface area (Å²) in [6, 6.07) is 7.72. The van der Waals surface area contributed by atoms with E-state index in [-0.39, 0.29) is 18.1 Å². The lowest BCUT2D eigenvalue weighted by Gasteiger charge is -2.12. The van der Waals surface area contributed by atoms with Gasteiger partial charge in [0.25, 0.3) is 0 Å². The monoisotopic (exact) mass is 374 g/mol. The second kappa shape index (κ2) is 9.52. The molecule has 0 aliphatic heterocycles. The molecule has 140 valence electrons. The van der Waals surface area contributed by atoms with E-state index in [1.165, 1.54) is 17.3 Å². The van der Waals surface area contributed by atoms with Crippen LogP contribution in [0.1, 0.15) is 48.9 Å². The van der Waals surface area contributed by atoms with E-state index in [1.54, 1.807) is 0 Å². The topological polar surface area (TPSA) is 90.9 Å². The highest BCUT2D eigenvalue weighted by Crippen LogP contribution is 2.21. The molecule has 2 N–H and O–H groups in total. The number of nitrogens with two attached hydrogens (primary N) is 1. The number of nitrogens with zero attached hydrogens (tertiary/aromatic N) is 3. The summed E-state index contributed by atoms with van der Waals surface area (Å²) >= 11 is 1.38. The van der Waals surface area contributed by atoms with Crippen LogP contribution in [0, 0.1) is 5.92 Å². The SMILES string of the molecule is CCc1ccc(C(=O)CSc2nnc(CCC(N)=O)n2CC(C)C)cc1. The summed E-state index contributed by atoms with van der Waals surface area (Å²) in [5, 5.41) is 9.10. The van der Waals surface area contributed by atoms with E-state index in [2.05, 4.69) is 31.0 Å². The molecule has 0 bridgehead atoms. The number of aromatic nitrogens is 3. The second-order valence-corrected chi connectivity index (χ2v) is 7.57. The third kappa shape index (κ3) is 5.69. The van der Waals surface area contributed by atoms with E-state index in [0.717, 1.165) is 18.8 Å². The van der Waals surface area contributed by atoms with Crippen molar-refractivity contribution in [2.24, 2.45) is 11.7 Å². The molecule has 1 amide bonds. The van der Waals surface area contributed by atoms with E-state index in [9.17, 15) is 9.59 Å². The first-order valence-electron chi connectivity index (χ1n) is 8.86. The van der Waals surface area contributed by atoms with Gasteiger partial charge in [-0.3, -0.25) is 9.59 Å². The zero-order chi connectivity index (χ0) is 19.1. The number of carbonyl (C=O) groups excluding carboxylic acids is 2. The summed E-state index contributed by atoms with van der Waals surface area (Å²) in [5.74, 6) is 1.14. The van der Waals surface area contributed by atoms with Crippen LogP contribution in [-0.2, 0) is 24.2 Å². The first-order chi connectivity index (χ1) is 12.4. The molecule has 0 radical (unpaired) electrons. The molecule has 26 heavy (non-hydrogen) atoms. The van der Waals surface area contributed by atoms with Gasteiger partial charge >= 0.3 is 0 Å². The van der Waals surface area contributed by atoms with Gasteiger partial charge in [-0.1, -0.05) is 56.8 Å². The molecular weight excluding hydrogens is 348 g/mol. The largest absolute Gasteiger partial charge is 0.370 e. The van der Waals surface area contributed by atoms with Crippen molar-refractivity contribution in [1.29, 1.82) is 0 Å². The molecule has 1 aromatic carbocycles. The normalized spacial score (nSPS) is 11.1. The molecule has 0 unspecified atom stereocenters. The van der Waals surface area contributed by atoms with Crippen LogP contribution in [0.4, 0.5) is 0 Å². The number of primary amides is 1. The fourth-order valence-electron chi connectivity index (χ4n) is 2.53. The Labute approximate surface area is 158 Å². The van der Waals surface area contributed by atoms with Gasteiger partial charge in [0.1, 0.15) is 5.82 Å². The average molecular weight is 375 g/mol. The number of benzene rings is 1. The number of aryl methyl sites for hydroxylation is 2. The smallest absolute Gasteiger partial charge is 0.217 e. The molecule has 0 spiro atoms. The number of hydrogen-bond acceptors (Lipinski definition) is 5. The maximum absolute atomic E-state index is 12.4. The molecule has 2 aromatic rings. The number of hydrogen-bond donors (Lipinski definition) is 1. The van der Waals surface area contributed by atoms with E-state index >= 15 is 0 Å². The Morgan fingerprint density at radius 2 is 1.88 bits per heavy atom. The van der Waals surface area contributed by atoms with Gasteiger partial charge in [0.2, 0.25) is 5.91 Å². The molecule has 0 atom stereocenters. The van der Waals surface area contributed by atoms with Crippen molar-refractivity contribution >= 4 is 23.5 Å². The highest BCUT2D eigenvalue weighted by Gasteiger charge is 2.16. The van der Waals surface area contributed by atoms with Crippen molar-refractivity contribution in [3.63, 3.8) is 0 Å². The molecule has 0 saturated carbocycles. The van der Waals surface area contributed by atoms with Gasteiger partial charge in [-0.2, -0.15) is 0 Å². The standard InChI is InChI=1S/C19H26N4O2S/c1-4-14-5-7-15(8-6-14)16(24)12-26-19-22-21-18(10-9-17(20)25)23(19)11-13(2)3/h5-8,13H,4,9-12H2,1-3H3,(H2,20,25). The number of ketones is 1. The Kier molecular flexibility index (Phi) is 7.38. The molecule has 1 heterocycles. The maximum atomic E-state index is 12.4. The van der Waals surface area contributed by atoms with Gasteiger partial charge in [-0.25, -0.2) is 0 Å². The molecule has 0 fully saturated rings. The summed E-state index contributed by atoms with van der Waals surface area (Å²) in [7, 11) is 0. The lowest BCUT2D eigenvalue weighted by Crippen LogP contribution is -2.15. The minimum absolute atomic E-state index is 0.0652. The minimum Gasteiger partial charge on any atom is -0.370 e. The maximum Gasteiger partial charge on any atom is 0.217 e. The van der Waals surface area contributed by atoms with Crippen LogP contribution in [-0.4, -0.2) is 32.2 Å². The zero-order valence-electron chi connectivity index (χ0n) is 15.6. The number of Topliss-reactive ketones (excluding diaryl/α,β-unsaturated/α-hetero) is 1. The quantitative estimate of drug-likeness (QED) is 0.510. The number of amides is 1. The van der Waals surface area contributed by atoms with Gasteiger partial charge in [0.15, 0.2) is 10.9 Å². The Hall–Kier alpha value is -2.15. The van der Waals surface area contributed by atoms with Crippen LogP contribution in [0.2, 0.25) is 0 Å². The summed E-state index contributed by atoms with van der Waals surface area (Å²) in [4.78, 5) is 23.5. The molecular formula is C19H26N4O2S. The van der Waals surface area contributed by atoms with Gasteiger partial charge in [0.05, 0.1) is 5.75 Å². The lowest BCUT2D eigenvalue weighted by molar-refractivity contribution is -0.118. The Morgan fingerprint density at radius 1 is 1.19 bits per heavy atom. The summed E-state index contributed by atoms with van der Waals surface area (Å²) in [6.45, 7) is 7.03. The number of carbonyl (C=O) groups is 2. The third-order valence-electron chi connectivity index (χ3n) is 3.95. The van der Waals surface area contributed by atoms with Crippen LogP contribution >= 0.6 is 11.8 Å². The highest BCUT2D eigenvalue weighted by molar-refractivity contribution is 7.99. The van der Waals surface area contributed by atoms with Crippen molar-refractivity contribution in [2.75, 3.05) is 5.75 Å². The van der Waals surface area contributed by atoms with E-state index in [1.807, 2.05) is 28.8 Å². The minimum atomic E-state index is -0.357. The van der Waals surface area contributed by atoms with Crippen molar-refractivity contribution in [2.45, 2.75) is 51.7 Å². The molecule has 0 aliphatic rings. The molecule has 2 rings (SSSR count). The summed E-state index contributed by atoms with van der Waals surface area (Å²) < 4.78 is 1.99. The Balaban J connectivity index is 2.07. The second-order valence-electron chi connectivity index (χ2n) is 6.63. The van der Waals surface area contributed by atoms with Crippen molar-refractivity contribution < 1.29 is 9.59 Å². The Morgan fingerprint density at radius 3 is 2.46 bits per heavy atom. The predicted molar refractivity (Wildman–Crippen MR) is 103 cm³/mol. The van der Waals surface area contributed by atoms with Crippen LogP contribution in [0.5, 0.6) is 0 Å². The molecule has 0 aliphatic carbocycles. The third-order valence-corrected chi connectivity index (χ3v) is 4.92. The van der Waals surface area contributed by atoms with E-state index in [0.29, 0.717) is 28.8 Å².